The number of carbonyl (C=O) groups is 4. The molecule has 1 unspecified atom stereocenters. The van der Waals surface area contributed by atoms with E-state index in [1.54, 1.807) is 0 Å². The maximum absolute atomic E-state index is 13.5. The quantitative estimate of drug-likeness (QED) is 0.0472. The number of carbonyl (C=O) groups excluding carboxylic acids is 4. The minimum atomic E-state index is -1.13. The van der Waals surface area contributed by atoms with Crippen molar-refractivity contribution in [3.8, 4) is 0 Å². The number of methoxy groups -OCH3 is 1. The van der Waals surface area contributed by atoms with Crippen LogP contribution in [0.15, 0.2) is 0 Å². The van der Waals surface area contributed by atoms with Gasteiger partial charge in [0.2, 0.25) is 17.9 Å². The zero-order valence-electron chi connectivity index (χ0n) is 36.7. The third kappa shape index (κ3) is 31.6. The van der Waals surface area contributed by atoms with E-state index >= 15 is 0 Å². The van der Waals surface area contributed by atoms with Gasteiger partial charge in [0.25, 0.3) is 11.8 Å². The summed E-state index contributed by atoms with van der Waals surface area (Å²) in [5.41, 5.74) is 0. The van der Waals surface area contributed by atoms with Gasteiger partial charge in [-0.15, -0.1) is 0 Å². The molecule has 0 aromatic carbocycles. The van der Waals surface area contributed by atoms with Crippen molar-refractivity contribution in [3.05, 3.63) is 0 Å². The second kappa shape index (κ2) is 40.0. The second-order valence-corrected chi connectivity index (χ2v) is 15.6. The van der Waals surface area contributed by atoms with E-state index in [1.807, 2.05) is 9.80 Å². The maximum atomic E-state index is 13.5. The van der Waals surface area contributed by atoms with Crippen LogP contribution in [0, 0.1) is 0 Å². The number of nitrogens with zero attached hydrogens (tertiary/aromatic N) is 2. The molecule has 0 heterocycles. The predicted octanol–water partition coefficient (Wildman–Crippen LogP) is 9.52. The zero-order valence-corrected chi connectivity index (χ0v) is 36.7. The van der Waals surface area contributed by atoms with Crippen LogP contribution >= 0.6 is 0 Å². The molecular weight excluding hydrogens is 693 g/mol. The Morgan fingerprint density at radius 2 is 0.818 bits per heavy atom. The highest BCUT2D eigenvalue weighted by atomic mass is 16.5. The maximum Gasteiger partial charge on any atom is 0.261 e. The van der Waals surface area contributed by atoms with Crippen LogP contribution in [-0.4, -0.2) is 99.1 Å². The third-order valence-corrected chi connectivity index (χ3v) is 10.4. The molecule has 324 valence electrons. The van der Waals surface area contributed by atoms with E-state index < -0.39 is 6.10 Å². The Balaban J connectivity index is 4.50. The van der Waals surface area contributed by atoms with E-state index in [9.17, 15) is 19.2 Å². The Labute approximate surface area is 338 Å². The molecule has 0 spiro atoms. The number of hydrogen-bond donors (Lipinski definition) is 2. The van der Waals surface area contributed by atoms with E-state index in [2.05, 4.69) is 38.3 Å². The lowest BCUT2D eigenvalue weighted by molar-refractivity contribution is -0.150. The van der Waals surface area contributed by atoms with Crippen molar-refractivity contribution < 1.29 is 28.7 Å². The summed E-state index contributed by atoms with van der Waals surface area (Å²) in [6.07, 6.45) is 29.2. The highest BCUT2D eigenvalue weighted by Gasteiger charge is 2.30. The fraction of sp³-hybridized carbons (Fsp3) is 0.911. The normalized spacial score (nSPS) is 11.7. The molecule has 0 aromatic rings. The molecule has 10 nitrogen and oxygen atoms in total. The molecule has 0 aromatic heterocycles. The Morgan fingerprint density at radius 3 is 1.24 bits per heavy atom. The monoisotopic (exact) mass is 781 g/mol. The molecule has 0 aliphatic heterocycles. The van der Waals surface area contributed by atoms with Crippen LogP contribution < -0.4 is 10.6 Å². The van der Waals surface area contributed by atoms with Crippen LogP contribution in [-0.2, 0) is 28.7 Å². The summed E-state index contributed by atoms with van der Waals surface area (Å²) in [5.74, 6) is -0.886. The number of rotatable bonds is 41. The van der Waals surface area contributed by atoms with Crippen LogP contribution in [0.1, 0.15) is 201 Å². The van der Waals surface area contributed by atoms with Gasteiger partial charge in [0, 0.05) is 46.4 Å². The van der Waals surface area contributed by atoms with Gasteiger partial charge in [-0.25, -0.2) is 0 Å². The molecule has 4 amide bonds. The smallest absolute Gasteiger partial charge is 0.261 e. The van der Waals surface area contributed by atoms with Crippen LogP contribution in [0.3, 0.4) is 0 Å². The first-order valence-corrected chi connectivity index (χ1v) is 23.1. The molecule has 0 aliphatic rings. The summed E-state index contributed by atoms with van der Waals surface area (Å²) >= 11 is 0. The first-order valence-electron chi connectivity index (χ1n) is 23.1. The highest BCUT2D eigenvalue weighted by molar-refractivity contribution is 6.03. The molecule has 55 heavy (non-hydrogen) atoms. The fourth-order valence-electron chi connectivity index (χ4n) is 6.84. The lowest BCUT2D eigenvalue weighted by Gasteiger charge is -2.26. The molecule has 0 rings (SSSR count). The summed E-state index contributed by atoms with van der Waals surface area (Å²) in [5, 5.41) is 5.76. The lowest BCUT2D eigenvalue weighted by atomic mass is 10.1. The number of ether oxygens (including phenoxy) is 2. The average molecular weight is 781 g/mol. The van der Waals surface area contributed by atoms with Gasteiger partial charge < -0.3 is 29.9 Å². The number of nitrogens with one attached hydrogen (secondary N) is 2. The minimum absolute atomic E-state index is 0.0299. The predicted molar refractivity (Wildman–Crippen MR) is 228 cm³/mol. The number of amides is 4. The van der Waals surface area contributed by atoms with Gasteiger partial charge in [0.15, 0.2) is 0 Å². The molecule has 10 heteroatoms. The summed E-state index contributed by atoms with van der Waals surface area (Å²) in [7, 11) is 1.43. The topological polar surface area (TPSA) is 117 Å². The molecule has 0 fully saturated rings. The van der Waals surface area contributed by atoms with Crippen molar-refractivity contribution >= 4 is 23.6 Å². The molecule has 1 atom stereocenters. The van der Waals surface area contributed by atoms with Gasteiger partial charge in [-0.2, -0.15) is 0 Å². The zero-order chi connectivity index (χ0) is 40.6. The van der Waals surface area contributed by atoms with Crippen molar-refractivity contribution in [1.82, 2.24) is 20.4 Å². The van der Waals surface area contributed by atoms with Crippen molar-refractivity contribution in [2.75, 3.05) is 59.6 Å². The molecule has 0 saturated heterocycles. The molecule has 0 aliphatic carbocycles. The van der Waals surface area contributed by atoms with Gasteiger partial charge in [0.05, 0.1) is 0 Å². The van der Waals surface area contributed by atoms with Gasteiger partial charge in [-0.05, 0) is 44.9 Å². The first-order chi connectivity index (χ1) is 26.9. The van der Waals surface area contributed by atoms with Crippen molar-refractivity contribution in [2.24, 2.45) is 0 Å². The highest BCUT2D eigenvalue weighted by Crippen LogP contribution is 2.12. The van der Waals surface area contributed by atoms with E-state index in [1.165, 1.54) is 110 Å². The Hall–Kier alpha value is -2.20. The minimum Gasteiger partial charge on any atom is -0.362 e. The second-order valence-electron chi connectivity index (χ2n) is 15.6. The summed E-state index contributed by atoms with van der Waals surface area (Å²) in [6.45, 7) is 12.4. The molecule has 2 N–H and O–H groups in total. The molecule has 0 saturated carbocycles. The average Bonchev–Trinajstić information content (AvgIpc) is 3.18. The third-order valence-electron chi connectivity index (χ3n) is 10.4. The van der Waals surface area contributed by atoms with Crippen molar-refractivity contribution in [3.63, 3.8) is 0 Å². The van der Waals surface area contributed by atoms with E-state index in [0.29, 0.717) is 26.2 Å². The fourth-order valence-corrected chi connectivity index (χ4v) is 6.84. The van der Waals surface area contributed by atoms with Crippen LogP contribution in [0.4, 0.5) is 0 Å². The molecule has 0 bridgehead atoms. The Kier molecular flexibility index (Phi) is 38.4. The standard InChI is InChI=1S/C45H88N4O6/c1-6-10-14-18-22-29-35-48(36-30-23-19-15-11-7-2)42(51)40-55-39-41(50)46-33-27-26-28-34-47-44(52)43(54-5)45(53)49(37-31-24-20-16-12-8-3)38-32-25-21-17-13-9-4/h43H,6-40H2,1-5H3,(H,46,50)(H,47,52). The SMILES string of the molecule is CCCCCCCCN(CCCCCCCC)C(=O)COCC(=O)NCCCCCNC(=O)C(OC)C(=O)N(CCCCCCCC)CCCCCCCC. The van der Waals surface area contributed by atoms with Gasteiger partial charge in [-0.3, -0.25) is 19.2 Å². The lowest BCUT2D eigenvalue weighted by Crippen LogP contribution is -2.49. The van der Waals surface area contributed by atoms with E-state index in [4.69, 9.17) is 9.47 Å². The van der Waals surface area contributed by atoms with E-state index in [0.717, 1.165) is 83.7 Å². The van der Waals surface area contributed by atoms with Crippen molar-refractivity contribution in [1.29, 1.82) is 0 Å². The van der Waals surface area contributed by atoms with Gasteiger partial charge >= 0.3 is 0 Å². The first kappa shape index (κ1) is 52.8. The van der Waals surface area contributed by atoms with Gasteiger partial charge in [0.1, 0.15) is 13.2 Å². The van der Waals surface area contributed by atoms with Gasteiger partial charge in [-0.1, -0.05) is 156 Å². The molecular formula is C45H88N4O6. The van der Waals surface area contributed by atoms with E-state index in [-0.39, 0.29) is 36.8 Å². The summed E-state index contributed by atoms with van der Waals surface area (Å²) in [4.78, 5) is 55.6. The van der Waals surface area contributed by atoms with Crippen molar-refractivity contribution in [2.45, 2.75) is 207 Å². The van der Waals surface area contributed by atoms with Crippen LogP contribution in [0.5, 0.6) is 0 Å². The Bertz CT molecular complexity index is 888. The summed E-state index contributed by atoms with van der Waals surface area (Å²) < 4.78 is 11.0. The Morgan fingerprint density at radius 1 is 0.455 bits per heavy atom. The molecule has 0 radical (unpaired) electrons. The largest absolute Gasteiger partial charge is 0.362 e. The summed E-state index contributed by atoms with van der Waals surface area (Å²) in [6, 6.07) is 0. The number of unbranched alkanes of at least 4 members (excludes halogenated alkanes) is 22. The van der Waals surface area contributed by atoms with Crippen LogP contribution in [0.2, 0.25) is 0 Å². The van der Waals surface area contributed by atoms with Crippen LogP contribution in [0.25, 0.3) is 0 Å². The number of hydrogen-bond acceptors (Lipinski definition) is 6.